The summed E-state index contributed by atoms with van der Waals surface area (Å²) in [4.78, 5) is 35.0. The Labute approximate surface area is 236 Å². The van der Waals surface area contributed by atoms with E-state index in [0.717, 1.165) is 33.3 Å². The Hall–Kier alpha value is -4.86. The number of nitrogens with one attached hydrogen (secondary N) is 1. The molecule has 1 unspecified atom stereocenters. The van der Waals surface area contributed by atoms with Crippen LogP contribution in [-0.4, -0.2) is 67.3 Å². The Kier molecular flexibility index (Phi) is 5.92. The van der Waals surface area contributed by atoms with Crippen molar-refractivity contribution in [3.63, 3.8) is 0 Å². The van der Waals surface area contributed by atoms with E-state index in [1.807, 2.05) is 54.6 Å². The van der Waals surface area contributed by atoms with Gasteiger partial charge < -0.3 is 38.5 Å². The maximum Gasteiger partial charge on any atom is 0.246 e. The molecule has 2 amide bonds. The molecule has 10 nitrogen and oxygen atoms in total. The summed E-state index contributed by atoms with van der Waals surface area (Å²) < 4.78 is 27.8. The van der Waals surface area contributed by atoms with Gasteiger partial charge in [0.25, 0.3) is 0 Å². The van der Waals surface area contributed by atoms with E-state index in [1.54, 1.807) is 31.1 Å². The van der Waals surface area contributed by atoms with E-state index in [0.29, 0.717) is 41.7 Å². The van der Waals surface area contributed by atoms with Gasteiger partial charge in [-0.05, 0) is 47.0 Å². The molecule has 1 fully saturated rings. The maximum atomic E-state index is 14.1. The predicted molar refractivity (Wildman–Crippen MR) is 149 cm³/mol. The third-order valence-electron chi connectivity index (χ3n) is 8.16. The van der Waals surface area contributed by atoms with Gasteiger partial charge in [-0.1, -0.05) is 24.3 Å². The van der Waals surface area contributed by atoms with Crippen LogP contribution in [0.1, 0.15) is 28.4 Å². The van der Waals surface area contributed by atoms with Crippen LogP contribution in [0.4, 0.5) is 0 Å². The molecule has 0 bridgehead atoms. The first-order valence-electron chi connectivity index (χ1n) is 13.4. The fourth-order valence-electron chi connectivity index (χ4n) is 6.32. The molecule has 0 aliphatic carbocycles. The van der Waals surface area contributed by atoms with Crippen LogP contribution in [0.15, 0.2) is 54.6 Å². The van der Waals surface area contributed by atoms with Gasteiger partial charge in [-0.2, -0.15) is 0 Å². The minimum Gasteiger partial charge on any atom is -0.493 e. The maximum absolute atomic E-state index is 14.1. The van der Waals surface area contributed by atoms with Gasteiger partial charge in [0, 0.05) is 29.6 Å². The second-order valence-electron chi connectivity index (χ2n) is 10.3. The zero-order chi connectivity index (χ0) is 28.2. The number of fused-ring (bicyclic) bond motifs is 5. The summed E-state index contributed by atoms with van der Waals surface area (Å²) in [7, 11) is 4.67. The van der Waals surface area contributed by atoms with Crippen molar-refractivity contribution in [3.05, 3.63) is 77.0 Å². The summed E-state index contributed by atoms with van der Waals surface area (Å²) in [6.07, 6.45) is 0.405. The van der Waals surface area contributed by atoms with Crippen molar-refractivity contribution in [2.24, 2.45) is 0 Å². The molecule has 1 saturated heterocycles. The highest BCUT2D eigenvalue weighted by atomic mass is 16.7. The number of aromatic amines is 1. The summed E-state index contributed by atoms with van der Waals surface area (Å²) in [5.41, 5.74) is 4.47. The molecule has 0 radical (unpaired) electrons. The highest BCUT2D eigenvalue weighted by molar-refractivity contribution is 5.97. The molecule has 3 aliphatic heterocycles. The lowest BCUT2D eigenvalue weighted by Gasteiger charge is -2.47. The van der Waals surface area contributed by atoms with Gasteiger partial charge in [0.1, 0.15) is 12.6 Å². The topological polar surface area (TPSA) is 103 Å². The second-order valence-corrected chi connectivity index (χ2v) is 10.3. The summed E-state index contributed by atoms with van der Waals surface area (Å²) in [6, 6.07) is 16.1. The predicted octanol–water partition coefficient (Wildman–Crippen LogP) is 3.81. The average molecular weight is 556 g/mol. The van der Waals surface area contributed by atoms with Crippen LogP contribution < -0.4 is 23.7 Å². The van der Waals surface area contributed by atoms with Crippen molar-refractivity contribution in [1.29, 1.82) is 0 Å². The van der Waals surface area contributed by atoms with Crippen LogP contribution in [0.5, 0.6) is 28.7 Å². The Balaban J connectivity index is 1.33. The molecule has 10 heteroatoms. The van der Waals surface area contributed by atoms with Crippen LogP contribution in [-0.2, 0) is 22.6 Å². The van der Waals surface area contributed by atoms with Gasteiger partial charge in [0.15, 0.2) is 23.0 Å². The molecule has 41 heavy (non-hydrogen) atoms. The van der Waals surface area contributed by atoms with E-state index in [4.69, 9.17) is 23.7 Å². The molecule has 4 heterocycles. The van der Waals surface area contributed by atoms with E-state index in [9.17, 15) is 9.59 Å². The number of benzene rings is 3. The van der Waals surface area contributed by atoms with Crippen molar-refractivity contribution in [3.8, 4) is 28.7 Å². The van der Waals surface area contributed by atoms with Crippen LogP contribution in [0.25, 0.3) is 10.9 Å². The number of carbonyl (C=O) groups is 2. The number of nitrogens with zero attached hydrogens (tertiary/aromatic N) is 2. The number of rotatable bonds is 6. The largest absolute Gasteiger partial charge is 0.493 e. The number of hydrogen-bond acceptors (Lipinski definition) is 7. The number of carbonyl (C=O) groups excluding carboxylic acids is 2. The number of para-hydroxylation sites is 1. The number of piperazine rings is 1. The van der Waals surface area contributed by atoms with Gasteiger partial charge >= 0.3 is 0 Å². The van der Waals surface area contributed by atoms with Crippen LogP contribution in [0.2, 0.25) is 0 Å². The third-order valence-corrected chi connectivity index (χ3v) is 8.16. The van der Waals surface area contributed by atoms with Gasteiger partial charge in [0.2, 0.25) is 24.4 Å². The Morgan fingerprint density at radius 1 is 0.927 bits per heavy atom. The zero-order valence-corrected chi connectivity index (χ0v) is 22.9. The van der Waals surface area contributed by atoms with Crippen LogP contribution in [0.3, 0.4) is 0 Å². The van der Waals surface area contributed by atoms with Crippen molar-refractivity contribution in [1.82, 2.24) is 14.8 Å². The normalized spacial score (nSPS) is 19.3. The molecule has 3 aliphatic rings. The number of H-pyrrole nitrogens is 1. The molecular weight excluding hydrogens is 526 g/mol. The van der Waals surface area contributed by atoms with Crippen LogP contribution >= 0.6 is 0 Å². The van der Waals surface area contributed by atoms with E-state index >= 15 is 0 Å². The lowest BCUT2D eigenvalue weighted by molar-refractivity contribution is -0.159. The molecule has 210 valence electrons. The Morgan fingerprint density at radius 3 is 2.44 bits per heavy atom. The molecule has 0 saturated carbocycles. The lowest BCUT2D eigenvalue weighted by Crippen LogP contribution is -2.62. The highest BCUT2D eigenvalue weighted by Crippen LogP contribution is 2.47. The third kappa shape index (κ3) is 3.93. The second kappa shape index (κ2) is 9.65. The molecule has 1 aromatic heterocycles. The molecular formula is C31H29N3O7. The molecule has 3 aromatic carbocycles. The molecule has 4 aromatic rings. The molecule has 2 atom stereocenters. The first-order chi connectivity index (χ1) is 20.0. The number of ether oxygens (including phenoxy) is 5. The van der Waals surface area contributed by atoms with E-state index < -0.39 is 12.1 Å². The summed E-state index contributed by atoms with van der Waals surface area (Å²) in [5, 5.41) is 1.03. The summed E-state index contributed by atoms with van der Waals surface area (Å²) in [6.45, 7) is 0.424. The standard InChI is InChI=1S/C31H29N3O7/c1-37-25-11-18(12-26(38-2)30(25)39-3)29-28-20(19-6-4-5-7-21(19)32-28)13-22-31(36)33(15-27(35)34(22)29)14-17-8-9-23-24(10-17)41-16-40-23/h4-12,22,29,32H,13-16H2,1-3H3/t22-,29?/m0/s1. The first kappa shape index (κ1) is 25.1. The zero-order valence-electron chi connectivity index (χ0n) is 22.9. The SMILES string of the molecule is COc1cc(C2c3[nH]c4ccccc4c3C[C@H]3C(=O)N(Cc4ccc5c(c4)OCO5)CC(=O)N23)cc(OC)c1OC. The van der Waals surface area contributed by atoms with Gasteiger partial charge in [-0.15, -0.1) is 0 Å². The molecule has 1 N–H and O–H groups in total. The van der Waals surface area contributed by atoms with Gasteiger partial charge in [-0.3, -0.25) is 9.59 Å². The molecule has 7 rings (SSSR count). The van der Waals surface area contributed by atoms with Crippen molar-refractivity contribution in [2.75, 3.05) is 34.7 Å². The van der Waals surface area contributed by atoms with E-state index in [1.165, 1.54) is 0 Å². The minimum atomic E-state index is -0.680. The fourth-order valence-corrected chi connectivity index (χ4v) is 6.32. The summed E-state index contributed by atoms with van der Waals surface area (Å²) in [5.74, 6) is 2.48. The number of methoxy groups -OCH3 is 3. The van der Waals surface area contributed by atoms with E-state index in [2.05, 4.69) is 4.98 Å². The first-order valence-corrected chi connectivity index (χ1v) is 13.4. The number of hydrogen-bond donors (Lipinski definition) is 1. The van der Waals surface area contributed by atoms with Gasteiger partial charge in [-0.25, -0.2) is 0 Å². The quantitative estimate of drug-likeness (QED) is 0.386. The van der Waals surface area contributed by atoms with Crippen molar-refractivity contribution >= 4 is 22.7 Å². The fraction of sp³-hybridized carbons (Fsp3) is 0.290. The smallest absolute Gasteiger partial charge is 0.246 e. The molecule has 0 spiro atoms. The minimum absolute atomic E-state index is 0.0414. The summed E-state index contributed by atoms with van der Waals surface area (Å²) >= 11 is 0. The van der Waals surface area contributed by atoms with Crippen molar-refractivity contribution in [2.45, 2.75) is 25.0 Å². The lowest BCUT2D eigenvalue weighted by atomic mass is 9.86. The Morgan fingerprint density at radius 2 is 1.68 bits per heavy atom. The highest BCUT2D eigenvalue weighted by Gasteiger charge is 2.48. The van der Waals surface area contributed by atoms with Crippen molar-refractivity contribution < 1.29 is 33.3 Å². The van der Waals surface area contributed by atoms with E-state index in [-0.39, 0.29) is 25.2 Å². The average Bonchev–Trinajstić information content (AvgIpc) is 3.62. The number of aromatic nitrogens is 1. The van der Waals surface area contributed by atoms with Gasteiger partial charge in [0.05, 0.1) is 27.4 Å². The monoisotopic (exact) mass is 555 g/mol. The Bertz CT molecular complexity index is 1670. The number of amides is 2. The van der Waals surface area contributed by atoms with Crippen LogP contribution in [0, 0.1) is 0 Å².